The van der Waals surface area contributed by atoms with E-state index in [9.17, 15) is 20.0 Å². The molecule has 0 spiro atoms. The van der Waals surface area contributed by atoms with Crippen LogP contribution in [0.25, 0.3) is 5.57 Å². The summed E-state index contributed by atoms with van der Waals surface area (Å²) in [5, 5.41) is 19.4. The number of carbonyl (C=O) groups excluding carboxylic acids is 1. The lowest BCUT2D eigenvalue weighted by Crippen LogP contribution is -2.46. The second-order valence-electron chi connectivity index (χ2n) is 9.90. The molecule has 172 valence electrons. The van der Waals surface area contributed by atoms with Crippen molar-refractivity contribution >= 4 is 34.5 Å². The number of carboxylic acids is 1. The van der Waals surface area contributed by atoms with Gasteiger partial charge in [0.05, 0.1) is 11.8 Å². The Morgan fingerprint density at radius 2 is 1.81 bits per heavy atom. The minimum absolute atomic E-state index is 0.0210. The fourth-order valence-electron chi connectivity index (χ4n) is 5.60. The monoisotopic (exact) mass is 454 g/mol. The quantitative estimate of drug-likeness (QED) is 0.540. The molecule has 3 aliphatic rings. The van der Waals surface area contributed by atoms with Gasteiger partial charge in [0.15, 0.2) is 0 Å². The molecule has 5 nitrogen and oxygen atoms in total. The lowest BCUT2D eigenvalue weighted by atomic mass is 9.81. The van der Waals surface area contributed by atoms with Crippen molar-refractivity contribution in [3.05, 3.63) is 21.9 Å². The third kappa shape index (κ3) is 4.93. The summed E-state index contributed by atoms with van der Waals surface area (Å²) in [4.78, 5) is 29.3. The molecule has 1 aromatic rings. The van der Waals surface area contributed by atoms with E-state index in [1.165, 1.54) is 23.3 Å². The first-order chi connectivity index (χ1) is 15.5. The zero-order valence-corrected chi connectivity index (χ0v) is 19.8. The zero-order valence-electron chi connectivity index (χ0n) is 19.0. The second-order valence-corrected chi connectivity index (χ2v) is 11.0. The van der Waals surface area contributed by atoms with Crippen molar-refractivity contribution in [2.75, 3.05) is 4.90 Å². The number of rotatable bonds is 5. The Bertz CT molecular complexity index is 912. The van der Waals surface area contributed by atoms with Gasteiger partial charge in [-0.3, -0.25) is 4.79 Å². The number of carbonyl (C=O) groups is 2. The maximum Gasteiger partial charge on any atom is 0.348 e. The van der Waals surface area contributed by atoms with Crippen molar-refractivity contribution in [2.24, 2.45) is 17.8 Å². The van der Waals surface area contributed by atoms with Crippen molar-refractivity contribution < 1.29 is 14.7 Å². The van der Waals surface area contributed by atoms with E-state index >= 15 is 0 Å². The van der Waals surface area contributed by atoms with Crippen LogP contribution in [0.2, 0.25) is 0 Å². The van der Waals surface area contributed by atoms with Gasteiger partial charge in [-0.1, -0.05) is 13.0 Å². The van der Waals surface area contributed by atoms with Crippen molar-refractivity contribution in [3.63, 3.8) is 0 Å². The summed E-state index contributed by atoms with van der Waals surface area (Å²) in [5.74, 6) is -0.184. The van der Waals surface area contributed by atoms with Crippen LogP contribution in [0, 0.1) is 29.1 Å². The maximum absolute atomic E-state index is 13.9. The Balaban J connectivity index is 1.69. The lowest BCUT2D eigenvalue weighted by molar-refractivity contribution is -0.124. The molecular weight excluding hydrogens is 420 g/mol. The molecule has 6 heteroatoms. The predicted octanol–water partition coefficient (Wildman–Crippen LogP) is 6.65. The Morgan fingerprint density at radius 3 is 2.41 bits per heavy atom. The van der Waals surface area contributed by atoms with E-state index in [4.69, 9.17) is 0 Å². The first-order valence-corrected chi connectivity index (χ1v) is 13.1. The van der Waals surface area contributed by atoms with Gasteiger partial charge in [0, 0.05) is 22.8 Å². The van der Waals surface area contributed by atoms with Gasteiger partial charge in [-0.15, -0.1) is 11.3 Å². The third-order valence-electron chi connectivity index (χ3n) is 7.62. The van der Waals surface area contributed by atoms with E-state index in [1.54, 1.807) is 0 Å². The van der Waals surface area contributed by atoms with Gasteiger partial charge >= 0.3 is 5.97 Å². The van der Waals surface area contributed by atoms with E-state index in [0.717, 1.165) is 75.5 Å². The summed E-state index contributed by atoms with van der Waals surface area (Å²) in [7, 11) is 0. The zero-order chi connectivity index (χ0) is 22.7. The Labute approximate surface area is 195 Å². The van der Waals surface area contributed by atoms with Crippen LogP contribution in [0.15, 0.2) is 12.1 Å². The Hall–Kier alpha value is -2.13. The molecule has 2 fully saturated rings. The predicted molar refractivity (Wildman–Crippen MR) is 128 cm³/mol. The molecule has 1 N–H and O–H groups in total. The molecule has 0 unspecified atom stereocenters. The molecule has 4 rings (SSSR count). The average Bonchev–Trinajstić information content (AvgIpc) is 3.26. The number of nitrogens with zero attached hydrogens (tertiary/aromatic N) is 2. The number of hydrogen-bond acceptors (Lipinski definition) is 4. The highest BCUT2D eigenvalue weighted by Gasteiger charge is 2.37. The minimum atomic E-state index is -0.951. The van der Waals surface area contributed by atoms with Gasteiger partial charge in [0.25, 0.3) is 0 Å². The molecule has 0 bridgehead atoms. The van der Waals surface area contributed by atoms with Gasteiger partial charge in [-0.05, 0) is 94.6 Å². The Morgan fingerprint density at radius 1 is 1.09 bits per heavy atom. The fraction of sp³-hybridized carbons (Fsp3) is 0.654. The molecule has 1 aromatic heterocycles. The highest BCUT2D eigenvalue weighted by molar-refractivity contribution is 7.15. The third-order valence-corrected chi connectivity index (χ3v) is 8.81. The van der Waals surface area contributed by atoms with Gasteiger partial charge in [-0.2, -0.15) is 5.26 Å². The summed E-state index contributed by atoms with van der Waals surface area (Å²) >= 11 is 1.32. The number of nitriles is 1. The SMILES string of the molecule is CC1CCC(C(=O)N(c2cc(C3=CCCCC3)sc2C(=O)O)C2CCC(C#N)CC2)CC1. The molecule has 1 amide bonds. The van der Waals surface area contributed by atoms with Gasteiger partial charge in [0.1, 0.15) is 4.88 Å². The number of anilines is 1. The lowest BCUT2D eigenvalue weighted by Gasteiger charge is -2.38. The fourth-order valence-corrected chi connectivity index (χ4v) is 6.65. The second kappa shape index (κ2) is 10.2. The van der Waals surface area contributed by atoms with Crippen LogP contribution in [-0.4, -0.2) is 23.0 Å². The molecule has 0 atom stereocenters. The maximum atomic E-state index is 13.9. The first kappa shape index (κ1) is 23.0. The van der Waals surface area contributed by atoms with Crippen molar-refractivity contribution in [1.29, 1.82) is 5.26 Å². The number of carboxylic acid groups (broad SMARTS) is 1. The van der Waals surface area contributed by atoms with Crippen LogP contribution in [0.3, 0.4) is 0 Å². The average molecular weight is 455 g/mol. The van der Waals surface area contributed by atoms with Crippen LogP contribution < -0.4 is 4.90 Å². The van der Waals surface area contributed by atoms with E-state index in [-0.39, 0.29) is 28.7 Å². The van der Waals surface area contributed by atoms with E-state index in [1.807, 2.05) is 11.0 Å². The standard InChI is InChI=1S/C26H34N2O3S/c1-17-7-11-20(12-8-17)25(29)28(21-13-9-18(16-27)10-14-21)22-15-23(32-24(22)26(30)31)19-5-3-2-4-6-19/h5,15,17-18,20-21H,2-4,6-14H2,1H3,(H,30,31). The summed E-state index contributed by atoms with van der Waals surface area (Å²) in [6, 6.07) is 4.33. The summed E-state index contributed by atoms with van der Waals surface area (Å²) < 4.78 is 0. The number of allylic oxidation sites excluding steroid dienone is 2. The van der Waals surface area contributed by atoms with Crippen LogP contribution in [0.5, 0.6) is 0 Å². The largest absolute Gasteiger partial charge is 0.477 e. The number of aromatic carboxylic acids is 1. The molecule has 0 aromatic carbocycles. The summed E-state index contributed by atoms with van der Waals surface area (Å²) in [6.07, 6.45) is 13.5. The topological polar surface area (TPSA) is 81.4 Å². The van der Waals surface area contributed by atoms with Gasteiger partial charge < -0.3 is 10.0 Å². The van der Waals surface area contributed by atoms with E-state index in [0.29, 0.717) is 11.6 Å². The van der Waals surface area contributed by atoms with E-state index < -0.39 is 5.97 Å². The molecule has 0 aliphatic heterocycles. The normalized spacial score (nSPS) is 28.4. The van der Waals surface area contributed by atoms with Crippen LogP contribution in [0.4, 0.5) is 5.69 Å². The smallest absolute Gasteiger partial charge is 0.348 e. The van der Waals surface area contributed by atoms with Crippen molar-refractivity contribution in [1.82, 2.24) is 0 Å². The highest BCUT2D eigenvalue weighted by Crippen LogP contribution is 2.42. The Kier molecular flexibility index (Phi) is 7.35. The summed E-state index contributed by atoms with van der Waals surface area (Å²) in [6.45, 7) is 2.24. The van der Waals surface area contributed by atoms with Crippen molar-refractivity contribution in [3.8, 4) is 6.07 Å². The molecule has 3 aliphatic carbocycles. The van der Waals surface area contributed by atoms with Gasteiger partial charge in [0.2, 0.25) is 5.91 Å². The van der Waals surface area contributed by atoms with E-state index in [2.05, 4.69) is 19.1 Å². The van der Waals surface area contributed by atoms with Crippen molar-refractivity contribution in [2.45, 2.75) is 90.0 Å². The molecule has 0 saturated heterocycles. The van der Waals surface area contributed by atoms with Gasteiger partial charge in [-0.25, -0.2) is 4.79 Å². The highest BCUT2D eigenvalue weighted by atomic mass is 32.1. The number of amides is 1. The molecule has 1 heterocycles. The molecular formula is C26H34N2O3S. The van der Waals surface area contributed by atoms with Crippen LogP contribution in [0.1, 0.15) is 98.5 Å². The first-order valence-electron chi connectivity index (χ1n) is 12.3. The number of thiophene rings is 1. The molecule has 2 saturated carbocycles. The number of hydrogen-bond donors (Lipinski definition) is 1. The molecule has 0 radical (unpaired) electrons. The van der Waals surface area contributed by atoms with Crippen LogP contribution in [-0.2, 0) is 4.79 Å². The summed E-state index contributed by atoms with van der Waals surface area (Å²) in [5.41, 5.74) is 1.81. The van der Waals surface area contributed by atoms with Crippen LogP contribution >= 0.6 is 11.3 Å². The molecule has 32 heavy (non-hydrogen) atoms. The minimum Gasteiger partial charge on any atom is -0.477 e.